The van der Waals surface area contributed by atoms with E-state index in [1.54, 1.807) is 20.3 Å². The first kappa shape index (κ1) is 21.0. The number of carbonyl (C=O) groups excluding carboxylic acids is 1. The Morgan fingerprint density at radius 1 is 1.16 bits per heavy atom. The number of fused-ring (bicyclic) bond motifs is 1. The van der Waals surface area contributed by atoms with E-state index in [4.69, 9.17) is 18.9 Å². The Morgan fingerprint density at radius 3 is 2.81 bits per heavy atom. The van der Waals surface area contributed by atoms with Gasteiger partial charge in [0.05, 0.1) is 26.5 Å². The predicted molar refractivity (Wildman–Crippen MR) is 118 cm³/mol. The molecule has 1 aliphatic heterocycles. The molecule has 1 N–H and O–H groups in total. The maximum atomic E-state index is 12.5. The smallest absolute Gasteiger partial charge is 0.240 e. The molecule has 162 valence electrons. The summed E-state index contributed by atoms with van der Waals surface area (Å²) in [7, 11) is 5.09. The van der Waals surface area contributed by atoms with Crippen LogP contribution in [0.15, 0.2) is 41.8 Å². The summed E-state index contributed by atoms with van der Waals surface area (Å²) in [4.78, 5) is 18.9. The molecule has 0 radical (unpaired) electrons. The van der Waals surface area contributed by atoms with Crippen molar-refractivity contribution >= 4 is 22.4 Å². The maximum Gasteiger partial charge on any atom is 0.240 e. The van der Waals surface area contributed by atoms with E-state index < -0.39 is 0 Å². The molecule has 0 bridgehead atoms. The highest BCUT2D eigenvalue weighted by atomic mass is 32.1. The number of benzene rings is 2. The van der Waals surface area contributed by atoms with Crippen molar-refractivity contribution in [3.05, 3.63) is 47.3 Å². The average Bonchev–Trinajstić information content (AvgIpc) is 3.42. The Balaban J connectivity index is 1.36. The Bertz CT molecular complexity index is 1080. The fraction of sp³-hybridized carbons (Fsp3) is 0.273. The molecule has 0 fully saturated rings. The third-order valence-electron chi connectivity index (χ3n) is 4.74. The van der Waals surface area contributed by atoms with Gasteiger partial charge in [-0.3, -0.25) is 9.69 Å². The molecule has 2 heterocycles. The van der Waals surface area contributed by atoms with Gasteiger partial charge in [-0.25, -0.2) is 4.98 Å². The predicted octanol–water partition coefficient (Wildman–Crippen LogP) is 3.63. The summed E-state index contributed by atoms with van der Waals surface area (Å²) in [5.41, 5.74) is 2.61. The van der Waals surface area contributed by atoms with Crippen LogP contribution in [0.3, 0.4) is 0 Å². The summed E-state index contributed by atoms with van der Waals surface area (Å²) in [5.74, 6) is 2.71. The highest BCUT2D eigenvalue weighted by molar-refractivity contribution is 7.14. The molecule has 8 nitrogen and oxygen atoms in total. The van der Waals surface area contributed by atoms with E-state index in [0.717, 1.165) is 28.3 Å². The molecule has 0 aliphatic carbocycles. The molecule has 4 rings (SSSR count). The molecule has 2 aromatic carbocycles. The lowest BCUT2D eigenvalue weighted by Crippen LogP contribution is -2.29. The molecule has 0 atom stereocenters. The lowest BCUT2D eigenvalue weighted by Gasteiger charge is -2.16. The summed E-state index contributed by atoms with van der Waals surface area (Å²) < 4.78 is 21.4. The molecule has 31 heavy (non-hydrogen) atoms. The van der Waals surface area contributed by atoms with Gasteiger partial charge in [0.1, 0.15) is 11.5 Å². The number of rotatable bonds is 8. The van der Waals surface area contributed by atoms with Gasteiger partial charge in [-0.2, -0.15) is 0 Å². The van der Waals surface area contributed by atoms with E-state index in [-0.39, 0.29) is 19.2 Å². The van der Waals surface area contributed by atoms with Crippen LogP contribution in [0.1, 0.15) is 5.56 Å². The van der Waals surface area contributed by atoms with Gasteiger partial charge in [-0.1, -0.05) is 6.07 Å². The molecule has 0 unspecified atom stereocenters. The van der Waals surface area contributed by atoms with Crippen LogP contribution in [-0.2, 0) is 11.3 Å². The SMILES string of the molecule is COc1ccc(-c2csc(NC(=O)CN(C)Cc3ccc4c(c3)OCO4)n2)c(OC)c1. The van der Waals surface area contributed by atoms with E-state index in [0.29, 0.717) is 23.2 Å². The summed E-state index contributed by atoms with van der Waals surface area (Å²) in [6, 6.07) is 11.3. The molecule has 3 aromatic rings. The highest BCUT2D eigenvalue weighted by Crippen LogP contribution is 2.35. The van der Waals surface area contributed by atoms with E-state index in [1.807, 2.05) is 47.7 Å². The second kappa shape index (κ2) is 9.23. The Hall–Kier alpha value is -3.30. The first-order chi connectivity index (χ1) is 15.1. The third kappa shape index (κ3) is 4.89. The topological polar surface area (TPSA) is 82.2 Å². The van der Waals surface area contributed by atoms with Gasteiger partial charge in [0.2, 0.25) is 12.7 Å². The molecular weight excluding hydrogens is 418 g/mol. The number of amides is 1. The standard InChI is InChI=1S/C22H23N3O5S/c1-25(10-14-4-7-18-20(8-14)30-13-29-18)11-21(26)24-22-23-17(12-31-22)16-6-5-15(27-2)9-19(16)28-3/h4-9,12H,10-11,13H2,1-3H3,(H,23,24,26). The lowest BCUT2D eigenvalue weighted by atomic mass is 10.1. The van der Waals surface area contributed by atoms with Gasteiger partial charge in [-0.15, -0.1) is 11.3 Å². The summed E-state index contributed by atoms with van der Waals surface area (Å²) >= 11 is 1.37. The van der Waals surface area contributed by atoms with Crippen molar-refractivity contribution in [2.24, 2.45) is 0 Å². The Morgan fingerprint density at radius 2 is 2.00 bits per heavy atom. The number of hydrogen-bond donors (Lipinski definition) is 1. The Kier molecular flexibility index (Phi) is 6.24. The average molecular weight is 442 g/mol. The van der Waals surface area contributed by atoms with Gasteiger partial charge in [-0.05, 0) is 36.9 Å². The molecule has 1 aliphatic rings. The summed E-state index contributed by atoms with van der Waals surface area (Å²) in [5, 5.41) is 5.29. The van der Waals surface area contributed by atoms with Crippen molar-refractivity contribution < 1.29 is 23.7 Å². The molecule has 0 saturated heterocycles. The van der Waals surface area contributed by atoms with Gasteiger partial charge in [0, 0.05) is 23.6 Å². The number of nitrogens with one attached hydrogen (secondary N) is 1. The molecule has 9 heteroatoms. The number of likely N-dealkylation sites (N-methyl/N-ethyl adjacent to an activating group) is 1. The van der Waals surface area contributed by atoms with Crippen molar-refractivity contribution in [3.63, 3.8) is 0 Å². The second-order valence-electron chi connectivity index (χ2n) is 7.01. The number of hydrogen-bond acceptors (Lipinski definition) is 8. The van der Waals surface area contributed by atoms with Crippen molar-refractivity contribution in [2.75, 3.05) is 39.9 Å². The molecule has 0 spiro atoms. The number of carbonyl (C=O) groups is 1. The lowest BCUT2D eigenvalue weighted by molar-refractivity contribution is -0.117. The second-order valence-corrected chi connectivity index (χ2v) is 7.87. The minimum absolute atomic E-state index is 0.133. The van der Waals surface area contributed by atoms with Crippen molar-refractivity contribution in [3.8, 4) is 34.3 Å². The molecule has 0 saturated carbocycles. The highest BCUT2D eigenvalue weighted by Gasteiger charge is 2.16. The van der Waals surface area contributed by atoms with Gasteiger partial charge in [0.25, 0.3) is 0 Å². The largest absolute Gasteiger partial charge is 0.497 e. The van der Waals surface area contributed by atoms with E-state index in [9.17, 15) is 4.79 Å². The minimum atomic E-state index is -0.133. The first-order valence-corrected chi connectivity index (χ1v) is 10.5. The fourth-order valence-electron chi connectivity index (χ4n) is 3.28. The van der Waals surface area contributed by atoms with Crippen LogP contribution in [0.4, 0.5) is 5.13 Å². The maximum absolute atomic E-state index is 12.5. The first-order valence-electron chi connectivity index (χ1n) is 9.60. The van der Waals surface area contributed by atoms with Gasteiger partial charge in [0.15, 0.2) is 16.6 Å². The van der Waals surface area contributed by atoms with E-state index in [2.05, 4.69) is 10.3 Å². The number of methoxy groups -OCH3 is 2. The quantitative estimate of drug-likeness (QED) is 0.572. The van der Waals surface area contributed by atoms with Crippen LogP contribution in [0, 0.1) is 0 Å². The number of aromatic nitrogens is 1. The molecule has 1 amide bonds. The molecule has 1 aromatic heterocycles. The normalized spacial score (nSPS) is 12.1. The fourth-order valence-corrected chi connectivity index (χ4v) is 4.00. The van der Waals surface area contributed by atoms with Crippen LogP contribution in [0.5, 0.6) is 23.0 Å². The summed E-state index contributed by atoms with van der Waals surface area (Å²) in [6.07, 6.45) is 0. The van der Waals surface area contributed by atoms with E-state index in [1.165, 1.54) is 11.3 Å². The number of nitrogens with zero attached hydrogens (tertiary/aromatic N) is 2. The van der Waals surface area contributed by atoms with Crippen molar-refractivity contribution in [1.29, 1.82) is 0 Å². The van der Waals surface area contributed by atoms with Crippen LogP contribution in [0.25, 0.3) is 11.3 Å². The number of thiazole rings is 1. The zero-order valence-corrected chi connectivity index (χ0v) is 18.3. The number of anilines is 1. The van der Waals surface area contributed by atoms with Crippen LogP contribution in [0.2, 0.25) is 0 Å². The zero-order chi connectivity index (χ0) is 21.8. The summed E-state index contributed by atoms with van der Waals surface area (Å²) in [6.45, 7) is 1.08. The third-order valence-corrected chi connectivity index (χ3v) is 5.50. The van der Waals surface area contributed by atoms with Crippen LogP contribution < -0.4 is 24.3 Å². The zero-order valence-electron chi connectivity index (χ0n) is 17.5. The molecular formula is C22H23N3O5S. The van der Waals surface area contributed by atoms with Gasteiger partial charge >= 0.3 is 0 Å². The van der Waals surface area contributed by atoms with Gasteiger partial charge < -0.3 is 24.3 Å². The Labute approximate surface area is 184 Å². The number of ether oxygens (including phenoxy) is 4. The van der Waals surface area contributed by atoms with Crippen molar-refractivity contribution in [1.82, 2.24) is 9.88 Å². The van der Waals surface area contributed by atoms with Crippen LogP contribution >= 0.6 is 11.3 Å². The van der Waals surface area contributed by atoms with Crippen molar-refractivity contribution in [2.45, 2.75) is 6.54 Å². The minimum Gasteiger partial charge on any atom is -0.497 e. The van der Waals surface area contributed by atoms with Crippen LogP contribution in [-0.4, -0.2) is 50.4 Å². The monoisotopic (exact) mass is 441 g/mol. The van der Waals surface area contributed by atoms with E-state index >= 15 is 0 Å².